The summed E-state index contributed by atoms with van der Waals surface area (Å²) in [4.78, 5) is 22.5. The number of allylic oxidation sites excluding steroid dienone is 1. The predicted molar refractivity (Wildman–Crippen MR) is 82.4 cm³/mol. The van der Waals surface area contributed by atoms with Crippen LogP contribution in [0.5, 0.6) is 0 Å². The second kappa shape index (κ2) is 6.46. The molecule has 0 aliphatic rings. The number of nitrogens with zero attached hydrogens (tertiary/aromatic N) is 2. The van der Waals surface area contributed by atoms with Crippen LogP contribution in [0.15, 0.2) is 48.5 Å². The van der Waals surface area contributed by atoms with Gasteiger partial charge in [-0.3, -0.25) is 14.9 Å². The standard InChI is InChI=1S/C17H12N2O3/c1-12-5-7-15(10-16(12)19(21)22)17(20)8-6-13-3-2-4-14(9-13)11-18/h2-10H,1H3/b8-6+. The van der Waals surface area contributed by atoms with E-state index in [1.54, 1.807) is 49.4 Å². The van der Waals surface area contributed by atoms with E-state index < -0.39 is 4.92 Å². The fourth-order valence-corrected chi connectivity index (χ4v) is 1.94. The summed E-state index contributed by atoms with van der Waals surface area (Å²) in [5.74, 6) is -0.328. The molecule has 0 aromatic heterocycles. The molecule has 5 heteroatoms. The third-order valence-electron chi connectivity index (χ3n) is 3.13. The molecule has 0 aliphatic carbocycles. The van der Waals surface area contributed by atoms with Gasteiger partial charge in [-0.05, 0) is 30.7 Å². The Morgan fingerprint density at radius 3 is 2.73 bits per heavy atom. The monoisotopic (exact) mass is 292 g/mol. The molecule has 2 aromatic rings. The molecule has 0 radical (unpaired) electrons. The van der Waals surface area contributed by atoms with Gasteiger partial charge >= 0.3 is 0 Å². The van der Waals surface area contributed by atoms with Crippen LogP contribution in [0.3, 0.4) is 0 Å². The lowest BCUT2D eigenvalue weighted by Gasteiger charge is -2.00. The van der Waals surface area contributed by atoms with Crippen molar-refractivity contribution in [2.24, 2.45) is 0 Å². The number of hydrogen-bond acceptors (Lipinski definition) is 4. The number of nitro benzene ring substituents is 1. The van der Waals surface area contributed by atoms with E-state index in [0.717, 1.165) is 0 Å². The minimum Gasteiger partial charge on any atom is -0.289 e. The van der Waals surface area contributed by atoms with Gasteiger partial charge in [0.2, 0.25) is 0 Å². The van der Waals surface area contributed by atoms with Gasteiger partial charge in [0.05, 0.1) is 16.6 Å². The normalized spacial score (nSPS) is 10.4. The van der Waals surface area contributed by atoms with Crippen molar-refractivity contribution in [3.05, 3.63) is 80.9 Å². The molecule has 0 heterocycles. The van der Waals surface area contributed by atoms with E-state index in [0.29, 0.717) is 16.7 Å². The first kappa shape index (κ1) is 15.1. The second-order valence-corrected chi connectivity index (χ2v) is 4.69. The molecule has 0 fully saturated rings. The molecule has 2 aromatic carbocycles. The van der Waals surface area contributed by atoms with Crippen molar-refractivity contribution in [3.63, 3.8) is 0 Å². The SMILES string of the molecule is Cc1ccc(C(=O)/C=C/c2cccc(C#N)c2)cc1[N+](=O)[O-]. The minimum atomic E-state index is -0.508. The van der Waals surface area contributed by atoms with Crippen molar-refractivity contribution >= 4 is 17.5 Å². The summed E-state index contributed by atoms with van der Waals surface area (Å²) in [5, 5.41) is 19.7. The predicted octanol–water partition coefficient (Wildman–Crippen LogP) is 3.67. The second-order valence-electron chi connectivity index (χ2n) is 4.69. The molecule has 5 nitrogen and oxygen atoms in total. The van der Waals surface area contributed by atoms with Crippen molar-refractivity contribution in [3.8, 4) is 6.07 Å². The highest BCUT2D eigenvalue weighted by molar-refractivity contribution is 6.07. The zero-order chi connectivity index (χ0) is 16.1. The third-order valence-corrected chi connectivity index (χ3v) is 3.13. The Labute approximate surface area is 127 Å². The highest BCUT2D eigenvalue weighted by Crippen LogP contribution is 2.20. The number of nitro groups is 1. The van der Waals surface area contributed by atoms with Crippen molar-refractivity contribution in [2.75, 3.05) is 0 Å². The van der Waals surface area contributed by atoms with E-state index in [9.17, 15) is 14.9 Å². The summed E-state index contributed by atoms with van der Waals surface area (Å²) in [6.45, 7) is 1.62. The van der Waals surface area contributed by atoms with Crippen LogP contribution < -0.4 is 0 Å². The van der Waals surface area contributed by atoms with Crippen LogP contribution in [-0.4, -0.2) is 10.7 Å². The fourth-order valence-electron chi connectivity index (χ4n) is 1.94. The van der Waals surface area contributed by atoms with Crippen LogP contribution in [-0.2, 0) is 0 Å². The number of aryl methyl sites for hydroxylation is 1. The minimum absolute atomic E-state index is 0.0780. The first-order chi connectivity index (χ1) is 10.5. The Kier molecular flexibility index (Phi) is 4.44. The van der Waals surface area contributed by atoms with Crippen LogP contribution in [0, 0.1) is 28.4 Å². The van der Waals surface area contributed by atoms with E-state index in [1.165, 1.54) is 12.1 Å². The van der Waals surface area contributed by atoms with Gasteiger partial charge < -0.3 is 0 Å². The van der Waals surface area contributed by atoms with Crippen molar-refractivity contribution < 1.29 is 9.72 Å². The number of carbonyl (C=O) groups excluding carboxylic acids is 1. The number of ketones is 1. The summed E-state index contributed by atoms with van der Waals surface area (Å²) in [7, 11) is 0. The van der Waals surface area contributed by atoms with Gasteiger partial charge in [0.15, 0.2) is 5.78 Å². The maximum absolute atomic E-state index is 12.1. The molecule has 0 saturated carbocycles. The van der Waals surface area contributed by atoms with Crippen LogP contribution in [0.25, 0.3) is 6.08 Å². The van der Waals surface area contributed by atoms with Gasteiger partial charge in [-0.25, -0.2) is 0 Å². The van der Waals surface area contributed by atoms with Crippen molar-refractivity contribution in [2.45, 2.75) is 6.92 Å². The largest absolute Gasteiger partial charge is 0.289 e. The Morgan fingerprint density at radius 1 is 1.27 bits per heavy atom. The average molecular weight is 292 g/mol. The summed E-state index contributed by atoms with van der Waals surface area (Å²) in [5.41, 5.74) is 1.90. The van der Waals surface area contributed by atoms with Crippen LogP contribution in [0.2, 0.25) is 0 Å². The summed E-state index contributed by atoms with van der Waals surface area (Å²) in [6.07, 6.45) is 2.92. The molecule has 0 unspecified atom stereocenters. The Bertz CT molecular complexity index is 817. The van der Waals surface area contributed by atoms with Crippen molar-refractivity contribution in [1.29, 1.82) is 5.26 Å². The Hall–Kier alpha value is -3.26. The molecule has 108 valence electrons. The molecular formula is C17H12N2O3. The molecule has 0 saturated heterocycles. The Balaban J connectivity index is 2.25. The molecule has 2 rings (SSSR count). The van der Waals surface area contributed by atoms with Gasteiger partial charge in [0, 0.05) is 17.2 Å². The lowest BCUT2D eigenvalue weighted by Crippen LogP contribution is -1.98. The van der Waals surface area contributed by atoms with E-state index in [1.807, 2.05) is 6.07 Å². The van der Waals surface area contributed by atoms with Crippen LogP contribution >= 0.6 is 0 Å². The number of nitriles is 1. The zero-order valence-corrected chi connectivity index (χ0v) is 11.8. The van der Waals surface area contributed by atoms with E-state index in [-0.39, 0.29) is 17.0 Å². The summed E-state index contributed by atoms with van der Waals surface area (Å²) >= 11 is 0. The van der Waals surface area contributed by atoms with Crippen LogP contribution in [0.1, 0.15) is 27.0 Å². The third kappa shape index (κ3) is 3.44. The van der Waals surface area contributed by atoms with Gasteiger partial charge in [-0.1, -0.05) is 30.3 Å². The quantitative estimate of drug-likeness (QED) is 0.372. The van der Waals surface area contributed by atoms with Crippen molar-refractivity contribution in [1.82, 2.24) is 0 Å². The number of carbonyl (C=O) groups is 1. The summed E-state index contributed by atoms with van der Waals surface area (Å²) in [6, 6.07) is 13.2. The Morgan fingerprint density at radius 2 is 2.05 bits per heavy atom. The lowest BCUT2D eigenvalue weighted by molar-refractivity contribution is -0.385. The highest BCUT2D eigenvalue weighted by Gasteiger charge is 2.13. The molecule has 22 heavy (non-hydrogen) atoms. The maximum atomic E-state index is 12.1. The van der Waals surface area contributed by atoms with E-state index in [2.05, 4.69) is 0 Å². The van der Waals surface area contributed by atoms with E-state index in [4.69, 9.17) is 5.26 Å². The van der Waals surface area contributed by atoms with Gasteiger partial charge in [-0.15, -0.1) is 0 Å². The smallest absolute Gasteiger partial charge is 0.273 e. The number of benzene rings is 2. The zero-order valence-electron chi connectivity index (χ0n) is 11.8. The average Bonchev–Trinajstić information content (AvgIpc) is 2.53. The number of hydrogen-bond donors (Lipinski definition) is 0. The lowest BCUT2D eigenvalue weighted by atomic mass is 10.1. The first-order valence-electron chi connectivity index (χ1n) is 6.49. The first-order valence-corrected chi connectivity index (χ1v) is 6.49. The molecule has 0 aliphatic heterocycles. The van der Waals surface area contributed by atoms with E-state index >= 15 is 0 Å². The van der Waals surface area contributed by atoms with Gasteiger partial charge in [0.1, 0.15) is 0 Å². The maximum Gasteiger partial charge on any atom is 0.273 e. The molecule has 0 N–H and O–H groups in total. The van der Waals surface area contributed by atoms with Gasteiger partial charge in [-0.2, -0.15) is 5.26 Å². The topological polar surface area (TPSA) is 84.0 Å². The highest BCUT2D eigenvalue weighted by atomic mass is 16.6. The van der Waals surface area contributed by atoms with Gasteiger partial charge in [0.25, 0.3) is 5.69 Å². The molecule has 0 atom stereocenters. The number of rotatable bonds is 4. The molecule has 0 bridgehead atoms. The van der Waals surface area contributed by atoms with Crippen LogP contribution in [0.4, 0.5) is 5.69 Å². The molecule has 0 spiro atoms. The molecular weight excluding hydrogens is 280 g/mol. The summed E-state index contributed by atoms with van der Waals surface area (Å²) < 4.78 is 0. The molecule has 0 amide bonds. The fraction of sp³-hybridized carbons (Fsp3) is 0.0588.